The van der Waals surface area contributed by atoms with Gasteiger partial charge < -0.3 is 28.8 Å². The molecule has 1 amide bonds. The monoisotopic (exact) mass is 729 g/mol. The van der Waals surface area contributed by atoms with Gasteiger partial charge in [0.15, 0.2) is 5.76 Å². The quantitative estimate of drug-likeness (QED) is 0.150. The van der Waals surface area contributed by atoms with E-state index in [1.165, 1.54) is 22.0 Å². The molecule has 2 aliphatic heterocycles. The molecule has 2 aliphatic rings. The van der Waals surface area contributed by atoms with Gasteiger partial charge in [0.25, 0.3) is 0 Å². The predicted molar refractivity (Wildman–Crippen MR) is 205 cm³/mol. The summed E-state index contributed by atoms with van der Waals surface area (Å²) < 4.78 is 19.3. The molecular formula is C41H47N9O4. The van der Waals surface area contributed by atoms with E-state index in [0.717, 1.165) is 66.0 Å². The summed E-state index contributed by atoms with van der Waals surface area (Å²) in [6, 6.07) is 16.9. The van der Waals surface area contributed by atoms with Crippen molar-refractivity contribution in [3.63, 3.8) is 0 Å². The van der Waals surface area contributed by atoms with Crippen LogP contribution in [-0.4, -0.2) is 79.8 Å². The molecule has 1 fully saturated rings. The Hall–Kier alpha value is -5.56. The van der Waals surface area contributed by atoms with Crippen molar-refractivity contribution < 1.29 is 18.8 Å². The number of fused-ring (bicyclic) bond motifs is 3. The average molecular weight is 730 g/mol. The summed E-state index contributed by atoms with van der Waals surface area (Å²) in [5.41, 5.74) is 8.90. The van der Waals surface area contributed by atoms with Crippen molar-refractivity contribution in [2.24, 2.45) is 0 Å². The van der Waals surface area contributed by atoms with Crippen LogP contribution in [0.5, 0.6) is 6.01 Å². The molecule has 0 saturated carbocycles. The summed E-state index contributed by atoms with van der Waals surface area (Å²) in [6.45, 7) is 8.75. The molecule has 0 aliphatic carbocycles. The molecule has 1 N–H and O–H groups in total. The smallest absolute Gasteiger partial charge is 0.318 e. The Morgan fingerprint density at radius 2 is 1.98 bits per heavy atom. The van der Waals surface area contributed by atoms with Crippen molar-refractivity contribution in [3.05, 3.63) is 94.8 Å². The molecule has 0 bridgehead atoms. The minimum absolute atomic E-state index is 0.141. The van der Waals surface area contributed by atoms with Crippen LogP contribution in [0.25, 0.3) is 22.2 Å². The molecule has 13 nitrogen and oxygen atoms in total. The number of benzene rings is 2. The van der Waals surface area contributed by atoms with Gasteiger partial charge in [-0.15, -0.1) is 5.10 Å². The van der Waals surface area contributed by atoms with E-state index in [0.29, 0.717) is 50.3 Å². The van der Waals surface area contributed by atoms with E-state index in [1.54, 1.807) is 18.0 Å². The number of aryl methyl sites for hydroxylation is 2. The van der Waals surface area contributed by atoms with Crippen LogP contribution in [0.3, 0.4) is 0 Å². The summed E-state index contributed by atoms with van der Waals surface area (Å²) in [4.78, 5) is 30.1. The summed E-state index contributed by atoms with van der Waals surface area (Å²) in [7, 11) is 3.50. The van der Waals surface area contributed by atoms with Gasteiger partial charge in [-0.25, -0.2) is 9.67 Å². The molecule has 13 heteroatoms. The second kappa shape index (κ2) is 14.7. The SMILES string of the molecule is CCc1cccc2c3c([nH]c12)C(CC)(CC(=O)N1CCC(c2cc(Cn4cc(-c5cc(N(C)c6ccnc(OC)n6)ccc5C)nn4)on2)CC1)OCC3. The number of rotatable bonds is 11. The van der Waals surface area contributed by atoms with Crippen molar-refractivity contribution in [2.75, 3.05) is 38.8 Å². The number of carbonyl (C=O) groups excluding carboxylic acids is 1. The third-order valence-electron chi connectivity index (χ3n) is 11.3. The van der Waals surface area contributed by atoms with E-state index in [4.69, 9.17) is 14.0 Å². The van der Waals surface area contributed by atoms with E-state index < -0.39 is 5.60 Å². The van der Waals surface area contributed by atoms with Gasteiger partial charge in [0.05, 0.1) is 37.7 Å². The van der Waals surface area contributed by atoms with Gasteiger partial charge in [-0.1, -0.05) is 48.5 Å². The lowest BCUT2D eigenvalue weighted by molar-refractivity contribution is -0.143. The molecule has 54 heavy (non-hydrogen) atoms. The van der Waals surface area contributed by atoms with Crippen LogP contribution < -0.4 is 9.64 Å². The number of nitrogens with one attached hydrogen (secondary N) is 1. The lowest BCUT2D eigenvalue weighted by atomic mass is 9.85. The van der Waals surface area contributed by atoms with Gasteiger partial charge in [-0.05, 0) is 73.9 Å². The fourth-order valence-electron chi connectivity index (χ4n) is 8.12. The Labute approximate surface area is 314 Å². The molecular weight excluding hydrogens is 683 g/mol. The maximum Gasteiger partial charge on any atom is 0.318 e. The topological polar surface area (TPSA) is 140 Å². The Morgan fingerprint density at radius 1 is 1.13 bits per heavy atom. The summed E-state index contributed by atoms with van der Waals surface area (Å²) in [5.74, 6) is 1.78. The largest absolute Gasteiger partial charge is 0.467 e. The molecule has 1 atom stereocenters. The first-order valence-electron chi connectivity index (χ1n) is 18.9. The van der Waals surface area contributed by atoms with Crippen LogP contribution in [0, 0.1) is 6.92 Å². The van der Waals surface area contributed by atoms with Crippen molar-refractivity contribution in [1.82, 2.24) is 40.0 Å². The van der Waals surface area contributed by atoms with Crippen LogP contribution in [0.2, 0.25) is 0 Å². The Balaban J connectivity index is 0.897. The van der Waals surface area contributed by atoms with Crippen molar-refractivity contribution in [1.29, 1.82) is 0 Å². The van der Waals surface area contributed by atoms with Gasteiger partial charge in [-0.3, -0.25) is 4.79 Å². The lowest BCUT2D eigenvalue weighted by Gasteiger charge is -2.39. The first kappa shape index (κ1) is 35.5. The van der Waals surface area contributed by atoms with E-state index in [9.17, 15) is 4.79 Å². The number of likely N-dealkylation sites (tertiary alicyclic amines) is 1. The van der Waals surface area contributed by atoms with Gasteiger partial charge in [-0.2, -0.15) is 4.98 Å². The summed E-state index contributed by atoms with van der Waals surface area (Å²) in [6.07, 6.45) is 8.13. The van der Waals surface area contributed by atoms with Crippen LogP contribution in [0.1, 0.15) is 79.3 Å². The zero-order valence-electron chi connectivity index (χ0n) is 31.6. The molecule has 8 rings (SSSR count). The van der Waals surface area contributed by atoms with Gasteiger partial charge in [0.2, 0.25) is 5.91 Å². The first-order chi connectivity index (χ1) is 26.3. The highest BCUT2D eigenvalue weighted by molar-refractivity contribution is 5.88. The number of ether oxygens (including phenoxy) is 2. The second-order valence-corrected chi connectivity index (χ2v) is 14.4. The summed E-state index contributed by atoms with van der Waals surface area (Å²) >= 11 is 0. The van der Waals surface area contributed by atoms with E-state index in [2.05, 4.69) is 81.5 Å². The number of H-pyrrole nitrogens is 1. The maximum atomic E-state index is 13.9. The molecule has 1 unspecified atom stereocenters. The van der Waals surface area contributed by atoms with Gasteiger partial charge >= 0.3 is 6.01 Å². The van der Waals surface area contributed by atoms with E-state index in [-0.39, 0.29) is 11.8 Å². The second-order valence-electron chi connectivity index (χ2n) is 14.4. The molecule has 6 aromatic rings. The first-order valence-corrected chi connectivity index (χ1v) is 18.9. The molecule has 280 valence electrons. The fourth-order valence-corrected chi connectivity index (χ4v) is 8.12. The van der Waals surface area contributed by atoms with Crippen LogP contribution >= 0.6 is 0 Å². The lowest BCUT2D eigenvalue weighted by Crippen LogP contribution is -2.44. The van der Waals surface area contributed by atoms with Crippen molar-refractivity contribution in [2.45, 2.75) is 77.4 Å². The fraction of sp³-hybridized carbons (Fsp3) is 0.415. The van der Waals surface area contributed by atoms with Crippen LogP contribution in [0.15, 0.2) is 65.4 Å². The average Bonchev–Trinajstić information content (AvgIpc) is 3.98. The van der Waals surface area contributed by atoms with Gasteiger partial charge in [0.1, 0.15) is 23.7 Å². The number of hydrogen-bond donors (Lipinski definition) is 1. The third-order valence-corrected chi connectivity index (χ3v) is 11.3. The Kier molecular flexibility index (Phi) is 9.65. The highest BCUT2D eigenvalue weighted by atomic mass is 16.5. The number of hydrogen-bond acceptors (Lipinski definition) is 10. The van der Waals surface area contributed by atoms with Crippen LogP contribution in [0.4, 0.5) is 11.5 Å². The molecule has 6 heterocycles. The highest BCUT2D eigenvalue weighted by Gasteiger charge is 2.42. The minimum Gasteiger partial charge on any atom is -0.467 e. The highest BCUT2D eigenvalue weighted by Crippen LogP contribution is 2.43. The maximum absolute atomic E-state index is 13.9. The number of nitrogens with zero attached hydrogens (tertiary/aromatic N) is 8. The van der Waals surface area contributed by atoms with E-state index in [1.807, 2.05) is 41.2 Å². The number of carbonyl (C=O) groups is 1. The number of aromatic amines is 1. The summed E-state index contributed by atoms with van der Waals surface area (Å²) in [5, 5.41) is 14.6. The number of para-hydroxylation sites is 1. The predicted octanol–water partition coefficient (Wildman–Crippen LogP) is 6.87. The molecule has 4 aromatic heterocycles. The number of aromatic nitrogens is 7. The zero-order chi connectivity index (χ0) is 37.4. The standard InChI is InChI=1S/C41H47N9O4/c1-6-27-9-8-10-31-32-16-20-53-41(7-2,39(32)44-38(27)31)23-37(51)49-18-14-28(15-19-49)34-22-30(54-46-34)24-50-25-35(45-47-50)33-21-29(12-11-26(33)3)48(4)36-13-17-42-40(43-36)52-5/h8-13,17,21-22,25,28,44H,6-7,14-16,18-20,23-24H2,1-5H3. The van der Waals surface area contributed by atoms with Crippen molar-refractivity contribution in [3.8, 4) is 17.3 Å². The zero-order valence-corrected chi connectivity index (χ0v) is 31.6. The van der Waals surface area contributed by atoms with Crippen LogP contribution in [-0.2, 0) is 34.5 Å². The number of methoxy groups -OCH3 is 1. The molecule has 0 radical (unpaired) electrons. The Bertz CT molecular complexity index is 2290. The minimum atomic E-state index is -0.641. The third kappa shape index (κ3) is 6.61. The van der Waals surface area contributed by atoms with Crippen molar-refractivity contribution >= 4 is 28.3 Å². The number of anilines is 2. The number of piperidine rings is 1. The molecule has 1 saturated heterocycles. The molecule has 0 spiro atoms. The van der Waals surface area contributed by atoms with E-state index >= 15 is 0 Å². The van der Waals surface area contributed by atoms with Gasteiger partial charge in [0, 0.05) is 60.5 Å². The Morgan fingerprint density at radius 3 is 2.78 bits per heavy atom. The normalized spacial score (nSPS) is 17.5. The number of amides is 1. The molecule has 2 aromatic carbocycles.